The van der Waals surface area contributed by atoms with E-state index in [1.165, 1.54) is 0 Å². The molecular weight excluding hydrogens is 392 g/mol. The Morgan fingerprint density at radius 3 is 2.59 bits per heavy atom. The quantitative estimate of drug-likeness (QED) is 0.644. The van der Waals surface area contributed by atoms with E-state index < -0.39 is 35.3 Å². The second-order valence-corrected chi connectivity index (χ2v) is 8.82. The molecule has 5 nitrogen and oxygen atoms in total. The van der Waals surface area contributed by atoms with Gasteiger partial charge in [-0.15, -0.1) is 0 Å². The first-order valence-corrected chi connectivity index (χ1v) is 10.7. The summed E-state index contributed by atoms with van der Waals surface area (Å²) in [4.78, 5) is 25.8. The maximum Gasteiger partial charge on any atom is 0.313 e. The molecule has 2 heterocycles. The molecule has 0 spiro atoms. The van der Waals surface area contributed by atoms with Crippen LogP contribution in [0.25, 0.3) is 0 Å². The van der Waals surface area contributed by atoms with E-state index in [1.54, 1.807) is 19.3 Å². The minimum Gasteiger partial charge on any atom is -0.465 e. The lowest BCUT2D eigenvalue weighted by molar-refractivity contribution is -0.157. The third-order valence-corrected chi connectivity index (χ3v) is 6.88. The molecule has 0 bridgehead atoms. The van der Waals surface area contributed by atoms with Crippen LogP contribution < -0.4 is 0 Å². The summed E-state index contributed by atoms with van der Waals surface area (Å²) in [6, 6.07) is 0. The van der Waals surface area contributed by atoms with Crippen LogP contribution in [0.2, 0.25) is 0 Å². The van der Waals surface area contributed by atoms with E-state index in [4.69, 9.17) is 21.1 Å². The first-order chi connectivity index (χ1) is 13.7. The van der Waals surface area contributed by atoms with Gasteiger partial charge < -0.3 is 14.6 Å². The summed E-state index contributed by atoms with van der Waals surface area (Å²) in [6.45, 7) is 9.60. The molecule has 1 saturated heterocycles. The van der Waals surface area contributed by atoms with Gasteiger partial charge in [0.25, 0.3) is 0 Å². The van der Waals surface area contributed by atoms with Crippen LogP contribution in [0.4, 0.5) is 0 Å². The average Bonchev–Trinajstić information content (AvgIpc) is 3.00. The Balaban J connectivity index is 2.04. The topological polar surface area (TPSA) is 72.8 Å². The van der Waals surface area contributed by atoms with E-state index in [2.05, 4.69) is 13.8 Å². The number of ether oxygens (including phenoxy) is 2. The summed E-state index contributed by atoms with van der Waals surface area (Å²) in [5, 5.41) is 10.9. The molecule has 2 aliphatic heterocycles. The minimum absolute atomic E-state index is 0.0271. The predicted octanol–water partition coefficient (Wildman–Crippen LogP) is 4.42. The summed E-state index contributed by atoms with van der Waals surface area (Å²) in [5.74, 6) is -1.67. The van der Waals surface area contributed by atoms with E-state index in [9.17, 15) is 14.7 Å². The number of carbonyl (C=O) groups is 2. The van der Waals surface area contributed by atoms with Gasteiger partial charge in [-0.1, -0.05) is 58.2 Å². The normalized spacial score (nSPS) is 32.1. The van der Waals surface area contributed by atoms with Gasteiger partial charge in [-0.25, -0.2) is 0 Å². The SMILES string of the molecule is CCC(C)C=CC1=CC2=C(Cl)C(=O)C3(C)OC(=O)C(C(O)C(C)CC)C3C2=CO1. The molecule has 158 valence electrons. The number of ketones is 1. The van der Waals surface area contributed by atoms with Gasteiger partial charge in [0.15, 0.2) is 5.60 Å². The van der Waals surface area contributed by atoms with E-state index in [0.29, 0.717) is 29.2 Å². The minimum atomic E-state index is -1.44. The fourth-order valence-electron chi connectivity index (χ4n) is 4.14. The Labute approximate surface area is 177 Å². The highest BCUT2D eigenvalue weighted by atomic mass is 35.5. The van der Waals surface area contributed by atoms with E-state index >= 15 is 0 Å². The number of aliphatic hydroxyl groups is 1. The van der Waals surface area contributed by atoms with Crippen LogP contribution in [0.5, 0.6) is 0 Å². The van der Waals surface area contributed by atoms with Crippen molar-refractivity contribution in [2.24, 2.45) is 23.7 Å². The second kappa shape index (κ2) is 8.11. The highest BCUT2D eigenvalue weighted by Gasteiger charge is 2.64. The Morgan fingerprint density at radius 1 is 1.28 bits per heavy atom. The van der Waals surface area contributed by atoms with Crippen molar-refractivity contribution >= 4 is 23.4 Å². The number of carbonyl (C=O) groups excluding carboxylic acids is 2. The van der Waals surface area contributed by atoms with Gasteiger partial charge in [0.1, 0.15) is 5.76 Å². The number of allylic oxidation sites excluding steroid dienone is 4. The largest absolute Gasteiger partial charge is 0.465 e. The zero-order valence-corrected chi connectivity index (χ0v) is 18.3. The monoisotopic (exact) mass is 420 g/mol. The zero-order valence-electron chi connectivity index (χ0n) is 17.6. The molecule has 29 heavy (non-hydrogen) atoms. The van der Waals surface area contributed by atoms with Crippen molar-refractivity contribution in [2.75, 3.05) is 0 Å². The zero-order chi connectivity index (χ0) is 21.5. The number of aliphatic hydroxyl groups excluding tert-OH is 1. The molecule has 6 atom stereocenters. The van der Waals surface area contributed by atoms with Crippen LogP contribution in [0.3, 0.4) is 0 Å². The highest BCUT2D eigenvalue weighted by Crippen LogP contribution is 2.53. The Morgan fingerprint density at radius 2 is 1.97 bits per heavy atom. The lowest BCUT2D eigenvalue weighted by Crippen LogP contribution is -2.49. The highest BCUT2D eigenvalue weighted by molar-refractivity contribution is 6.45. The lowest BCUT2D eigenvalue weighted by atomic mass is 9.66. The van der Waals surface area contributed by atoms with E-state index in [-0.39, 0.29) is 11.0 Å². The van der Waals surface area contributed by atoms with Gasteiger partial charge >= 0.3 is 5.97 Å². The fraction of sp³-hybridized carbons (Fsp3) is 0.565. The van der Waals surface area contributed by atoms with Gasteiger partial charge in [0, 0.05) is 11.1 Å². The molecule has 0 amide bonds. The maximum absolute atomic E-state index is 13.1. The summed E-state index contributed by atoms with van der Waals surface area (Å²) >= 11 is 6.43. The number of hydrogen-bond donors (Lipinski definition) is 1. The summed E-state index contributed by atoms with van der Waals surface area (Å²) in [6.07, 6.45) is 7.94. The smallest absolute Gasteiger partial charge is 0.313 e. The van der Waals surface area contributed by atoms with Crippen molar-refractivity contribution < 1.29 is 24.2 Å². The molecule has 3 rings (SSSR count). The van der Waals surface area contributed by atoms with Crippen molar-refractivity contribution in [1.82, 2.24) is 0 Å². The molecule has 3 aliphatic rings. The maximum atomic E-state index is 13.1. The number of halogens is 1. The molecule has 1 aliphatic carbocycles. The van der Waals surface area contributed by atoms with E-state index in [0.717, 1.165) is 6.42 Å². The Bertz CT molecular complexity index is 836. The summed E-state index contributed by atoms with van der Waals surface area (Å²) < 4.78 is 11.3. The molecule has 0 aromatic heterocycles. The lowest BCUT2D eigenvalue weighted by Gasteiger charge is -2.38. The predicted molar refractivity (Wildman–Crippen MR) is 111 cm³/mol. The van der Waals surface area contributed by atoms with Crippen LogP contribution in [0.1, 0.15) is 47.5 Å². The summed E-state index contributed by atoms with van der Waals surface area (Å²) in [5.41, 5.74) is -0.283. The van der Waals surface area contributed by atoms with Crippen molar-refractivity contribution in [3.63, 3.8) is 0 Å². The van der Waals surface area contributed by atoms with Gasteiger partial charge in [0.05, 0.1) is 29.2 Å². The van der Waals surface area contributed by atoms with Gasteiger partial charge in [-0.3, -0.25) is 9.59 Å². The van der Waals surface area contributed by atoms with Crippen LogP contribution >= 0.6 is 11.6 Å². The first kappa shape index (κ1) is 21.8. The van der Waals surface area contributed by atoms with Crippen LogP contribution in [-0.2, 0) is 19.1 Å². The molecule has 0 aromatic rings. The third kappa shape index (κ3) is 3.59. The third-order valence-electron chi connectivity index (χ3n) is 6.51. The summed E-state index contributed by atoms with van der Waals surface area (Å²) in [7, 11) is 0. The van der Waals surface area contributed by atoms with Crippen molar-refractivity contribution in [3.05, 3.63) is 46.4 Å². The van der Waals surface area contributed by atoms with Crippen molar-refractivity contribution in [3.8, 4) is 0 Å². The molecule has 6 unspecified atom stereocenters. The number of esters is 1. The van der Waals surface area contributed by atoms with Gasteiger partial charge in [-0.05, 0) is 30.9 Å². The second-order valence-electron chi connectivity index (χ2n) is 8.45. The molecule has 1 fully saturated rings. The number of Topliss-reactive ketones (excluding diaryl/α,β-unsaturated/α-hetero) is 1. The average molecular weight is 421 g/mol. The molecule has 1 N–H and O–H groups in total. The molecule has 0 radical (unpaired) electrons. The van der Waals surface area contributed by atoms with Crippen LogP contribution in [-0.4, -0.2) is 28.6 Å². The Hall–Kier alpha value is -1.85. The van der Waals surface area contributed by atoms with Gasteiger partial charge in [0.2, 0.25) is 5.78 Å². The van der Waals surface area contributed by atoms with E-state index in [1.807, 2.05) is 26.0 Å². The number of hydrogen-bond acceptors (Lipinski definition) is 5. The molecule has 0 saturated carbocycles. The molecule has 6 heteroatoms. The fourth-order valence-corrected chi connectivity index (χ4v) is 4.49. The van der Waals surface area contributed by atoms with Crippen LogP contribution in [0.15, 0.2) is 46.4 Å². The number of rotatable bonds is 6. The van der Waals surface area contributed by atoms with Crippen molar-refractivity contribution in [1.29, 1.82) is 0 Å². The van der Waals surface area contributed by atoms with Crippen LogP contribution in [0, 0.1) is 23.7 Å². The Kier molecular flexibility index (Phi) is 6.11. The standard InChI is InChI=1S/C23H29ClO5/c1-6-12(3)8-9-14-10-15-16(11-28-14)18-17(20(25)13(4)7-2)22(27)29-23(18,5)21(26)19(15)24/h8-13,17-18,20,25H,6-7H2,1-5H3. The van der Waals surface area contributed by atoms with Crippen molar-refractivity contribution in [2.45, 2.75) is 59.2 Å². The molecular formula is C23H29ClO5. The van der Waals surface area contributed by atoms with Gasteiger partial charge in [-0.2, -0.15) is 0 Å². The number of fused-ring (bicyclic) bond motifs is 3. The first-order valence-electron chi connectivity index (χ1n) is 10.3. The molecule has 0 aromatic carbocycles.